The van der Waals surface area contributed by atoms with Crippen LogP contribution in [-0.2, 0) is 0 Å². The molecule has 266 valence electrons. The number of hydrogen-bond donors (Lipinski definition) is 0. The van der Waals surface area contributed by atoms with E-state index in [-0.39, 0.29) is 0 Å². The average molecular weight is 780 g/mol. The predicted octanol–water partition coefficient (Wildman–Crippen LogP) is 15.3. The molecule has 0 spiro atoms. The van der Waals surface area contributed by atoms with Crippen LogP contribution in [0.1, 0.15) is 0 Å². The van der Waals surface area contributed by atoms with E-state index in [9.17, 15) is 0 Å². The van der Waals surface area contributed by atoms with Gasteiger partial charge in [0.15, 0.2) is 17.5 Å². The molecular formula is C51H29N3S3. The second-order valence-electron chi connectivity index (χ2n) is 14.3. The standard InChI is InChI=1S/C51H29N3S3/c1-3-13-30(14-4-1)49-52-50(31-15-5-2-6-16-31)54-51(53-49)40-24-11-22-38-37-21-10-20-36(47(37)57-48(38)40)35-19-12-26-44-45(35)39-23-9-18-33(46(39)56-44)32-27-28-43-41(29-32)34-17-7-8-25-42(34)55-43/h1-29H. The van der Waals surface area contributed by atoms with Crippen LogP contribution in [0.25, 0.3) is 117 Å². The molecule has 0 saturated carbocycles. The minimum absolute atomic E-state index is 0.664. The van der Waals surface area contributed by atoms with E-state index in [1.165, 1.54) is 82.8 Å². The van der Waals surface area contributed by atoms with Crippen molar-refractivity contribution in [1.82, 2.24) is 15.0 Å². The van der Waals surface area contributed by atoms with Crippen molar-refractivity contribution in [2.75, 3.05) is 0 Å². The topological polar surface area (TPSA) is 38.7 Å². The predicted molar refractivity (Wildman–Crippen MR) is 246 cm³/mol. The third-order valence-electron chi connectivity index (χ3n) is 11.0. The van der Waals surface area contributed by atoms with Crippen LogP contribution in [0, 0.1) is 0 Å². The fourth-order valence-electron chi connectivity index (χ4n) is 8.33. The highest BCUT2D eigenvalue weighted by Crippen LogP contribution is 2.49. The molecule has 4 aromatic heterocycles. The lowest BCUT2D eigenvalue weighted by Crippen LogP contribution is -2.00. The fraction of sp³-hybridized carbons (Fsp3) is 0. The summed E-state index contributed by atoms with van der Waals surface area (Å²) < 4.78 is 7.71. The van der Waals surface area contributed by atoms with E-state index in [0.29, 0.717) is 17.5 Å². The summed E-state index contributed by atoms with van der Waals surface area (Å²) in [5, 5.41) is 7.70. The van der Waals surface area contributed by atoms with Gasteiger partial charge in [0.2, 0.25) is 0 Å². The fourth-order valence-corrected chi connectivity index (χ4v) is 12.0. The van der Waals surface area contributed by atoms with Gasteiger partial charge in [0, 0.05) is 82.8 Å². The number of hydrogen-bond acceptors (Lipinski definition) is 6. The monoisotopic (exact) mass is 779 g/mol. The summed E-state index contributed by atoms with van der Waals surface area (Å²) in [6, 6.07) is 63.0. The SMILES string of the molecule is c1ccc(-c2nc(-c3ccccc3)nc(-c3cccc4c3sc3c(-c5cccc6sc7c(-c8ccc9sc%10ccccc%10c9c8)cccc7c56)cccc34)n2)cc1. The van der Waals surface area contributed by atoms with E-state index in [2.05, 4.69) is 140 Å². The molecule has 8 aromatic carbocycles. The molecule has 0 fully saturated rings. The first-order valence-corrected chi connectivity index (χ1v) is 21.4. The normalized spacial score (nSPS) is 11.9. The van der Waals surface area contributed by atoms with E-state index in [0.717, 1.165) is 16.7 Å². The van der Waals surface area contributed by atoms with Crippen molar-refractivity contribution in [3.8, 4) is 56.4 Å². The molecule has 0 aliphatic heterocycles. The Morgan fingerprint density at radius 1 is 0.281 bits per heavy atom. The Hall–Kier alpha value is -6.57. The number of thiophene rings is 3. The summed E-state index contributed by atoms with van der Waals surface area (Å²) in [4.78, 5) is 15.2. The maximum Gasteiger partial charge on any atom is 0.165 e. The smallest absolute Gasteiger partial charge is 0.165 e. The van der Waals surface area contributed by atoms with Crippen LogP contribution < -0.4 is 0 Å². The molecule has 4 heterocycles. The van der Waals surface area contributed by atoms with Crippen LogP contribution in [0.15, 0.2) is 176 Å². The Bertz CT molecular complexity index is 3470. The van der Waals surface area contributed by atoms with Crippen LogP contribution in [0.5, 0.6) is 0 Å². The van der Waals surface area contributed by atoms with E-state index in [1.807, 2.05) is 70.4 Å². The van der Waals surface area contributed by atoms with Crippen molar-refractivity contribution in [1.29, 1.82) is 0 Å². The van der Waals surface area contributed by atoms with E-state index >= 15 is 0 Å². The first kappa shape index (κ1) is 32.7. The van der Waals surface area contributed by atoms with Gasteiger partial charge in [0.05, 0.1) is 0 Å². The van der Waals surface area contributed by atoms with E-state index in [4.69, 9.17) is 15.0 Å². The van der Waals surface area contributed by atoms with Gasteiger partial charge in [-0.1, -0.05) is 146 Å². The van der Waals surface area contributed by atoms with Gasteiger partial charge < -0.3 is 0 Å². The van der Waals surface area contributed by atoms with Crippen LogP contribution in [0.3, 0.4) is 0 Å². The van der Waals surface area contributed by atoms with E-state index < -0.39 is 0 Å². The maximum absolute atomic E-state index is 5.12. The minimum atomic E-state index is 0.664. The van der Waals surface area contributed by atoms with Gasteiger partial charge in [-0.3, -0.25) is 0 Å². The summed E-state index contributed by atoms with van der Waals surface area (Å²) in [6.45, 7) is 0. The first-order chi connectivity index (χ1) is 28.2. The minimum Gasteiger partial charge on any atom is -0.208 e. The van der Waals surface area contributed by atoms with Gasteiger partial charge in [-0.05, 0) is 47.0 Å². The Morgan fingerprint density at radius 3 is 1.56 bits per heavy atom. The summed E-state index contributed by atoms with van der Waals surface area (Å²) in [5.41, 5.74) is 7.97. The average Bonchev–Trinajstić information content (AvgIpc) is 3.98. The number of fused-ring (bicyclic) bond motifs is 9. The molecule has 3 nitrogen and oxygen atoms in total. The van der Waals surface area contributed by atoms with Gasteiger partial charge in [0.25, 0.3) is 0 Å². The molecular weight excluding hydrogens is 751 g/mol. The zero-order chi connectivity index (χ0) is 37.5. The van der Waals surface area contributed by atoms with Crippen molar-refractivity contribution in [3.63, 3.8) is 0 Å². The number of benzene rings is 8. The maximum atomic E-state index is 5.12. The van der Waals surface area contributed by atoms with Crippen LogP contribution in [0.2, 0.25) is 0 Å². The van der Waals surface area contributed by atoms with Crippen molar-refractivity contribution in [2.24, 2.45) is 0 Å². The molecule has 12 aromatic rings. The highest BCUT2D eigenvalue weighted by molar-refractivity contribution is 7.27. The zero-order valence-electron chi connectivity index (χ0n) is 30.3. The molecule has 0 atom stereocenters. The molecule has 0 saturated heterocycles. The quantitative estimate of drug-likeness (QED) is 0.175. The summed E-state index contributed by atoms with van der Waals surface area (Å²) in [5.74, 6) is 2.00. The molecule has 0 unspecified atom stereocenters. The number of rotatable bonds is 5. The number of nitrogens with zero attached hydrogens (tertiary/aromatic N) is 3. The summed E-state index contributed by atoms with van der Waals surface area (Å²) in [7, 11) is 0. The second kappa shape index (κ2) is 13.0. The summed E-state index contributed by atoms with van der Waals surface area (Å²) >= 11 is 5.59. The van der Waals surface area contributed by atoms with Crippen molar-refractivity contribution in [2.45, 2.75) is 0 Å². The molecule has 0 aliphatic carbocycles. The molecule has 12 rings (SSSR count). The third-order valence-corrected chi connectivity index (χ3v) is 14.6. The van der Waals surface area contributed by atoms with Gasteiger partial charge >= 0.3 is 0 Å². The lowest BCUT2D eigenvalue weighted by Gasteiger charge is -2.09. The Kier molecular flexibility index (Phi) is 7.45. The largest absolute Gasteiger partial charge is 0.208 e. The van der Waals surface area contributed by atoms with Crippen LogP contribution in [-0.4, -0.2) is 15.0 Å². The first-order valence-electron chi connectivity index (χ1n) is 18.9. The second-order valence-corrected chi connectivity index (χ2v) is 17.4. The van der Waals surface area contributed by atoms with Crippen molar-refractivity contribution < 1.29 is 0 Å². The molecule has 0 amide bonds. The number of aromatic nitrogens is 3. The van der Waals surface area contributed by atoms with Crippen LogP contribution >= 0.6 is 34.0 Å². The Morgan fingerprint density at radius 2 is 0.807 bits per heavy atom. The highest BCUT2D eigenvalue weighted by atomic mass is 32.1. The van der Waals surface area contributed by atoms with Gasteiger partial charge in [-0.15, -0.1) is 34.0 Å². The van der Waals surface area contributed by atoms with Gasteiger partial charge in [-0.2, -0.15) is 0 Å². The third kappa shape index (κ3) is 5.26. The molecule has 0 bridgehead atoms. The molecule has 0 radical (unpaired) electrons. The lowest BCUT2D eigenvalue weighted by atomic mass is 9.96. The Balaban J connectivity index is 1.04. The van der Waals surface area contributed by atoms with Crippen molar-refractivity contribution >= 4 is 94.5 Å². The Labute approximate surface area is 339 Å². The van der Waals surface area contributed by atoms with Gasteiger partial charge in [-0.25, -0.2) is 15.0 Å². The zero-order valence-corrected chi connectivity index (χ0v) is 32.8. The molecule has 0 N–H and O–H groups in total. The molecule has 0 aliphatic rings. The van der Waals surface area contributed by atoms with Crippen LogP contribution in [0.4, 0.5) is 0 Å². The summed E-state index contributed by atoms with van der Waals surface area (Å²) in [6.07, 6.45) is 0. The molecule has 6 heteroatoms. The highest BCUT2D eigenvalue weighted by Gasteiger charge is 2.20. The van der Waals surface area contributed by atoms with E-state index in [1.54, 1.807) is 0 Å². The molecule has 57 heavy (non-hydrogen) atoms. The lowest BCUT2D eigenvalue weighted by molar-refractivity contribution is 1.08. The van der Waals surface area contributed by atoms with Gasteiger partial charge in [0.1, 0.15) is 0 Å². The van der Waals surface area contributed by atoms with Crippen molar-refractivity contribution in [3.05, 3.63) is 176 Å².